The fraction of sp³-hybridized carbons (Fsp3) is 0.0286. The van der Waals surface area contributed by atoms with E-state index in [4.69, 9.17) is 5.73 Å². The largest absolute Gasteiger partial charge is 0.398 e. The lowest BCUT2D eigenvalue weighted by atomic mass is 9.86. The first-order chi connectivity index (χ1) is 17.8. The van der Waals surface area contributed by atoms with Gasteiger partial charge in [0.2, 0.25) is 0 Å². The number of allylic oxidation sites excluding steroid dienone is 3. The Morgan fingerprint density at radius 2 is 1.11 bits per heavy atom. The summed E-state index contributed by atoms with van der Waals surface area (Å²) in [4.78, 5) is 0. The molecule has 2 N–H and O–H groups in total. The van der Waals surface area contributed by atoms with Gasteiger partial charge in [-0.3, -0.25) is 0 Å². The van der Waals surface area contributed by atoms with Crippen molar-refractivity contribution in [2.75, 3.05) is 0 Å². The molecule has 0 atom stereocenters. The molecule has 0 saturated heterocycles. The standard InChI is InChI=1S/C35H27N/c36-34(26-14-2-1-3-15-26)24-11-10-18-28-29-19-6-8-21-32(29)35(33-22-9-7-20-30(28)33)31-23-12-16-25-13-4-5-17-27(25)31/h1-17,19-24H,18,36H2/b11-10-,34-24-. The van der Waals surface area contributed by atoms with Crippen LogP contribution in [0.4, 0.5) is 0 Å². The molecule has 0 fully saturated rings. The highest BCUT2D eigenvalue weighted by atomic mass is 14.6. The second-order valence-corrected chi connectivity index (χ2v) is 9.09. The van der Waals surface area contributed by atoms with E-state index in [0.29, 0.717) is 0 Å². The Hall–Kier alpha value is -4.62. The Labute approximate surface area is 211 Å². The molecule has 0 unspecified atom stereocenters. The zero-order valence-electron chi connectivity index (χ0n) is 20.1. The monoisotopic (exact) mass is 461 g/mol. The summed E-state index contributed by atoms with van der Waals surface area (Å²) in [6.07, 6.45) is 7.10. The van der Waals surface area contributed by atoms with Crippen LogP contribution >= 0.6 is 0 Å². The molecule has 0 aliphatic carbocycles. The number of rotatable bonds is 5. The molecule has 0 spiro atoms. The Morgan fingerprint density at radius 1 is 0.556 bits per heavy atom. The molecule has 1 nitrogen and oxygen atoms in total. The summed E-state index contributed by atoms with van der Waals surface area (Å²) in [5, 5.41) is 7.71. The van der Waals surface area contributed by atoms with E-state index in [9.17, 15) is 0 Å². The maximum Gasteiger partial charge on any atom is 0.0387 e. The predicted molar refractivity (Wildman–Crippen MR) is 156 cm³/mol. The van der Waals surface area contributed by atoms with Crippen molar-refractivity contribution in [3.63, 3.8) is 0 Å². The summed E-state index contributed by atoms with van der Waals surface area (Å²) in [5.41, 5.74) is 12.0. The summed E-state index contributed by atoms with van der Waals surface area (Å²) in [5.74, 6) is 0. The molecule has 6 aromatic carbocycles. The lowest BCUT2D eigenvalue weighted by molar-refractivity contribution is 1.33. The normalized spacial score (nSPS) is 12.2. The maximum absolute atomic E-state index is 6.30. The van der Waals surface area contributed by atoms with Crippen molar-refractivity contribution in [1.82, 2.24) is 0 Å². The zero-order valence-corrected chi connectivity index (χ0v) is 20.1. The van der Waals surface area contributed by atoms with Crippen LogP contribution < -0.4 is 5.73 Å². The van der Waals surface area contributed by atoms with Crippen molar-refractivity contribution in [3.8, 4) is 11.1 Å². The number of hydrogen-bond acceptors (Lipinski definition) is 1. The Balaban J connectivity index is 1.51. The van der Waals surface area contributed by atoms with E-state index in [1.807, 2.05) is 36.4 Å². The lowest BCUT2D eigenvalue weighted by Gasteiger charge is -2.18. The Kier molecular flexibility index (Phi) is 5.81. The van der Waals surface area contributed by atoms with E-state index in [1.165, 1.54) is 49.0 Å². The molecule has 0 aliphatic heterocycles. The fourth-order valence-corrected chi connectivity index (χ4v) is 5.26. The third-order valence-electron chi connectivity index (χ3n) is 6.94. The molecule has 36 heavy (non-hydrogen) atoms. The van der Waals surface area contributed by atoms with Gasteiger partial charge in [0.15, 0.2) is 0 Å². The van der Waals surface area contributed by atoms with E-state index >= 15 is 0 Å². The third-order valence-corrected chi connectivity index (χ3v) is 6.94. The molecule has 0 amide bonds. The van der Waals surface area contributed by atoms with Crippen molar-refractivity contribution >= 4 is 38.0 Å². The highest BCUT2D eigenvalue weighted by molar-refractivity contribution is 6.18. The van der Waals surface area contributed by atoms with Gasteiger partial charge < -0.3 is 5.73 Å². The van der Waals surface area contributed by atoms with E-state index < -0.39 is 0 Å². The number of hydrogen-bond donors (Lipinski definition) is 1. The van der Waals surface area contributed by atoms with E-state index in [-0.39, 0.29) is 0 Å². The quantitative estimate of drug-likeness (QED) is 0.201. The minimum absolute atomic E-state index is 0.771. The molecule has 0 aliphatic rings. The first kappa shape index (κ1) is 21.9. The smallest absolute Gasteiger partial charge is 0.0387 e. The van der Waals surface area contributed by atoms with Gasteiger partial charge in [-0.05, 0) is 67.1 Å². The van der Waals surface area contributed by atoms with Crippen LogP contribution in [0.5, 0.6) is 0 Å². The molecule has 0 heterocycles. The van der Waals surface area contributed by atoms with Gasteiger partial charge in [0.1, 0.15) is 0 Å². The fourth-order valence-electron chi connectivity index (χ4n) is 5.26. The molecular weight excluding hydrogens is 434 g/mol. The van der Waals surface area contributed by atoms with E-state index in [2.05, 4.69) is 103 Å². The van der Waals surface area contributed by atoms with Crippen LogP contribution in [-0.2, 0) is 6.42 Å². The van der Waals surface area contributed by atoms with Gasteiger partial charge in [0.05, 0.1) is 0 Å². The van der Waals surface area contributed by atoms with Gasteiger partial charge in [0.25, 0.3) is 0 Å². The van der Waals surface area contributed by atoms with Crippen molar-refractivity contribution in [2.24, 2.45) is 5.73 Å². The van der Waals surface area contributed by atoms with Crippen LogP contribution in [0.15, 0.2) is 140 Å². The molecule has 6 rings (SSSR count). The van der Waals surface area contributed by atoms with Gasteiger partial charge in [-0.2, -0.15) is 0 Å². The predicted octanol–water partition coefficient (Wildman–Crippen LogP) is 8.91. The molecule has 172 valence electrons. The number of fused-ring (bicyclic) bond motifs is 3. The van der Waals surface area contributed by atoms with Crippen molar-refractivity contribution in [3.05, 3.63) is 151 Å². The van der Waals surface area contributed by atoms with E-state index in [0.717, 1.165) is 17.7 Å². The zero-order chi connectivity index (χ0) is 24.3. The summed E-state index contributed by atoms with van der Waals surface area (Å²) >= 11 is 0. The van der Waals surface area contributed by atoms with Gasteiger partial charge in [-0.25, -0.2) is 0 Å². The Bertz CT molecular complexity index is 1690. The lowest BCUT2D eigenvalue weighted by Crippen LogP contribution is -1.95. The van der Waals surface area contributed by atoms with Crippen molar-refractivity contribution < 1.29 is 0 Å². The molecule has 6 aromatic rings. The molecule has 0 aromatic heterocycles. The van der Waals surface area contributed by atoms with Crippen LogP contribution in [0.25, 0.3) is 49.1 Å². The topological polar surface area (TPSA) is 26.0 Å². The summed E-state index contributed by atoms with van der Waals surface area (Å²) in [6, 6.07) is 43.0. The Morgan fingerprint density at radius 3 is 1.81 bits per heavy atom. The minimum atomic E-state index is 0.771. The van der Waals surface area contributed by atoms with Gasteiger partial charge in [0, 0.05) is 5.70 Å². The SMILES string of the molecule is N/C(=C\C=C/Cc1c2ccccc2c(-c2cccc3ccccc23)c2ccccc12)c1ccccc1. The molecule has 1 heteroatoms. The molecular formula is C35H27N. The highest BCUT2D eigenvalue weighted by Crippen LogP contribution is 2.41. The van der Waals surface area contributed by atoms with Crippen molar-refractivity contribution in [1.29, 1.82) is 0 Å². The van der Waals surface area contributed by atoms with Crippen molar-refractivity contribution in [2.45, 2.75) is 6.42 Å². The summed E-state index contributed by atoms with van der Waals surface area (Å²) in [6.45, 7) is 0. The second kappa shape index (κ2) is 9.56. The molecule has 0 radical (unpaired) electrons. The third kappa shape index (κ3) is 3.95. The van der Waals surface area contributed by atoms with Crippen LogP contribution in [0.3, 0.4) is 0 Å². The highest BCUT2D eigenvalue weighted by Gasteiger charge is 2.15. The average molecular weight is 462 g/mol. The maximum atomic E-state index is 6.30. The molecule has 0 saturated carbocycles. The first-order valence-corrected chi connectivity index (χ1v) is 12.4. The van der Waals surface area contributed by atoms with Crippen LogP contribution in [0.2, 0.25) is 0 Å². The van der Waals surface area contributed by atoms with Gasteiger partial charge in [-0.15, -0.1) is 0 Å². The summed E-state index contributed by atoms with van der Waals surface area (Å²) < 4.78 is 0. The van der Waals surface area contributed by atoms with Gasteiger partial charge >= 0.3 is 0 Å². The van der Waals surface area contributed by atoms with Crippen LogP contribution in [0.1, 0.15) is 11.1 Å². The summed E-state index contributed by atoms with van der Waals surface area (Å²) in [7, 11) is 0. The number of nitrogens with two attached hydrogens (primary N) is 1. The second-order valence-electron chi connectivity index (χ2n) is 9.09. The minimum Gasteiger partial charge on any atom is -0.398 e. The number of benzene rings is 6. The van der Waals surface area contributed by atoms with Crippen LogP contribution in [0, 0.1) is 0 Å². The van der Waals surface area contributed by atoms with Crippen LogP contribution in [-0.4, -0.2) is 0 Å². The molecule has 0 bridgehead atoms. The van der Waals surface area contributed by atoms with Gasteiger partial charge in [-0.1, -0.05) is 133 Å². The first-order valence-electron chi connectivity index (χ1n) is 12.4. The van der Waals surface area contributed by atoms with E-state index in [1.54, 1.807) is 0 Å². The average Bonchev–Trinajstić information content (AvgIpc) is 2.95.